The largest absolute Gasteiger partial charge is 0.352 e. The maximum atomic E-state index is 13.6. The van der Waals surface area contributed by atoms with Crippen LogP contribution in [-0.4, -0.2) is 58.7 Å². The summed E-state index contributed by atoms with van der Waals surface area (Å²) >= 11 is 1.51. The van der Waals surface area contributed by atoms with E-state index in [-0.39, 0.29) is 11.7 Å². The molecular formula is C28H29FN6OS. The van der Waals surface area contributed by atoms with Crippen LogP contribution in [0.2, 0.25) is 0 Å². The van der Waals surface area contributed by atoms with E-state index in [2.05, 4.69) is 20.6 Å². The van der Waals surface area contributed by atoms with Crippen LogP contribution in [0.5, 0.6) is 0 Å². The standard InChI is InChI=1S/C28H29FN6OS/c1-35(2)17-6-9-25(36)31-16-18-37-28-33-26(20-10-12-22(29)13-11-20)27(34-28)21-14-15-30-24(19-21)32-23-7-4-3-5-8-23/h3-15,19H,16-18H2,1-2H3,(H,30,32)(H,31,36)(H,33,34)/b9-6+. The van der Waals surface area contributed by atoms with E-state index in [1.807, 2.05) is 67.5 Å². The van der Waals surface area contributed by atoms with Crippen LogP contribution >= 0.6 is 11.8 Å². The molecule has 4 aromatic rings. The molecule has 4 rings (SSSR count). The monoisotopic (exact) mass is 516 g/mol. The Labute approximate surface area is 220 Å². The number of pyridine rings is 1. The zero-order chi connectivity index (χ0) is 26.0. The smallest absolute Gasteiger partial charge is 0.243 e. The lowest BCUT2D eigenvalue weighted by Gasteiger charge is -2.08. The van der Waals surface area contributed by atoms with Crippen molar-refractivity contribution < 1.29 is 9.18 Å². The Morgan fingerprint density at radius 1 is 1.08 bits per heavy atom. The van der Waals surface area contributed by atoms with Crippen molar-refractivity contribution in [3.63, 3.8) is 0 Å². The molecule has 0 aliphatic carbocycles. The summed E-state index contributed by atoms with van der Waals surface area (Å²) in [5.41, 5.74) is 4.15. The van der Waals surface area contributed by atoms with Gasteiger partial charge in [0.05, 0.1) is 11.4 Å². The highest BCUT2D eigenvalue weighted by Crippen LogP contribution is 2.33. The molecule has 0 aliphatic rings. The van der Waals surface area contributed by atoms with E-state index in [1.165, 1.54) is 23.9 Å². The second-order valence-electron chi connectivity index (χ2n) is 8.50. The number of nitrogens with one attached hydrogen (secondary N) is 3. The lowest BCUT2D eigenvalue weighted by molar-refractivity contribution is -0.116. The van der Waals surface area contributed by atoms with Gasteiger partial charge in [-0.05, 0) is 62.6 Å². The van der Waals surface area contributed by atoms with Gasteiger partial charge in [0, 0.05) is 47.9 Å². The number of benzene rings is 2. The molecule has 0 fully saturated rings. The minimum atomic E-state index is -0.298. The molecule has 0 saturated heterocycles. The fourth-order valence-electron chi connectivity index (χ4n) is 3.52. The van der Waals surface area contributed by atoms with Gasteiger partial charge in [-0.25, -0.2) is 14.4 Å². The lowest BCUT2D eigenvalue weighted by Crippen LogP contribution is -2.24. The molecule has 7 nitrogen and oxygen atoms in total. The molecule has 2 aromatic carbocycles. The van der Waals surface area contributed by atoms with Crippen LogP contribution in [0.4, 0.5) is 15.9 Å². The summed E-state index contributed by atoms with van der Waals surface area (Å²) in [6.07, 6.45) is 5.11. The third-order valence-corrected chi connectivity index (χ3v) is 6.15. The highest BCUT2D eigenvalue weighted by atomic mass is 32.2. The van der Waals surface area contributed by atoms with E-state index >= 15 is 0 Å². The van der Waals surface area contributed by atoms with Crippen LogP contribution in [0.25, 0.3) is 22.5 Å². The van der Waals surface area contributed by atoms with Crippen LogP contribution in [-0.2, 0) is 4.79 Å². The van der Waals surface area contributed by atoms with Crippen molar-refractivity contribution in [2.45, 2.75) is 5.16 Å². The summed E-state index contributed by atoms with van der Waals surface area (Å²) in [7, 11) is 3.90. The summed E-state index contributed by atoms with van der Waals surface area (Å²) in [5, 5.41) is 6.90. The fraction of sp³-hybridized carbons (Fsp3) is 0.179. The zero-order valence-electron chi connectivity index (χ0n) is 20.7. The molecule has 37 heavy (non-hydrogen) atoms. The van der Waals surface area contributed by atoms with Gasteiger partial charge < -0.3 is 20.5 Å². The Bertz CT molecular complexity index is 1340. The molecule has 0 bridgehead atoms. The number of aromatic amines is 1. The molecule has 0 saturated carbocycles. The van der Waals surface area contributed by atoms with Crippen molar-refractivity contribution in [2.75, 3.05) is 38.3 Å². The predicted molar refractivity (Wildman–Crippen MR) is 148 cm³/mol. The van der Waals surface area contributed by atoms with Gasteiger partial charge in [0.25, 0.3) is 0 Å². The Hall–Kier alpha value is -3.95. The average Bonchev–Trinajstić information content (AvgIpc) is 3.32. The summed E-state index contributed by atoms with van der Waals surface area (Å²) in [5.74, 6) is 0.911. The summed E-state index contributed by atoms with van der Waals surface area (Å²) < 4.78 is 13.6. The van der Waals surface area contributed by atoms with Gasteiger partial charge >= 0.3 is 0 Å². The van der Waals surface area contributed by atoms with E-state index in [9.17, 15) is 9.18 Å². The van der Waals surface area contributed by atoms with Crippen molar-refractivity contribution in [1.29, 1.82) is 0 Å². The molecule has 1 amide bonds. The number of amides is 1. The number of hydrogen-bond acceptors (Lipinski definition) is 6. The Kier molecular flexibility index (Phi) is 9.07. The first-order valence-corrected chi connectivity index (χ1v) is 12.8. The first-order valence-electron chi connectivity index (χ1n) is 11.8. The second kappa shape index (κ2) is 12.8. The van der Waals surface area contributed by atoms with Gasteiger partial charge in [0.15, 0.2) is 5.16 Å². The number of anilines is 2. The summed E-state index contributed by atoms with van der Waals surface area (Å²) in [6, 6.07) is 20.0. The number of thioether (sulfide) groups is 1. The fourth-order valence-corrected chi connectivity index (χ4v) is 4.25. The van der Waals surface area contributed by atoms with E-state index in [0.29, 0.717) is 29.8 Å². The van der Waals surface area contributed by atoms with Crippen molar-refractivity contribution in [1.82, 2.24) is 25.2 Å². The number of H-pyrrole nitrogens is 1. The number of aromatic nitrogens is 3. The molecule has 9 heteroatoms. The number of para-hydroxylation sites is 1. The van der Waals surface area contributed by atoms with E-state index in [1.54, 1.807) is 24.4 Å². The number of carbonyl (C=O) groups is 1. The van der Waals surface area contributed by atoms with Crippen LogP contribution in [0.15, 0.2) is 90.2 Å². The van der Waals surface area contributed by atoms with Gasteiger partial charge in [-0.15, -0.1) is 0 Å². The van der Waals surface area contributed by atoms with E-state index in [4.69, 9.17) is 4.98 Å². The first kappa shape index (κ1) is 26.1. The van der Waals surface area contributed by atoms with Gasteiger partial charge in [-0.1, -0.05) is 36.0 Å². The van der Waals surface area contributed by atoms with E-state index < -0.39 is 0 Å². The van der Waals surface area contributed by atoms with Crippen molar-refractivity contribution in [2.24, 2.45) is 0 Å². The number of carbonyl (C=O) groups excluding carboxylic acids is 1. The number of imidazole rings is 1. The lowest BCUT2D eigenvalue weighted by atomic mass is 10.1. The van der Waals surface area contributed by atoms with Gasteiger partial charge in [-0.3, -0.25) is 4.79 Å². The van der Waals surface area contributed by atoms with E-state index in [0.717, 1.165) is 28.2 Å². The zero-order valence-corrected chi connectivity index (χ0v) is 21.6. The highest BCUT2D eigenvalue weighted by molar-refractivity contribution is 7.99. The van der Waals surface area contributed by atoms with Crippen molar-refractivity contribution in [3.8, 4) is 22.5 Å². The summed E-state index contributed by atoms with van der Waals surface area (Å²) in [4.78, 5) is 26.6. The summed E-state index contributed by atoms with van der Waals surface area (Å²) in [6.45, 7) is 1.21. The molecule has 0 aliphatic heterocycles. The molecule has 0 radical (unpaired) electrons. The van der Waals surface area contributed by atoms with Crippen molar-refractivity contribution in [3.05, 3.63) is 90.9 Å². The minimum absolute atomic E-state index is 0.121. The SMILES string of the molecule is CN(C)C/C=C/C(=O)NCCSc1nc(-c2ccnc(Nc3ccccc3)c2)c(-c2ccc(F)cc2)[nH]1. The number of nitrogens with zero attached hydrogens (tertiary/aromatic N) is 3. The molecule has 0 spiro atoms. The maximum absolute atomic E-state index is 13.6. The third kappa shape index (κ3) is 7.77. The molecule has 190 valence electrons. The maximum Gasteiger partial charge on any atom is 0.243 e. The quantitative estimate of drug-likeness (QED) is 0.142. The van der Waals surface area contributed by atoms with Crippen LogP contribution in [0.3, 0.4) is 0 Å². The van der Waals surface area contributed by atoms with Crippen molar-refractivity contribution >= 4 is 29.2 Å². The topological polar surface area (TPSA) is 85.9 Å². The Morgan fingerprint density at radius 2 is 1.86 bits per heavy atom. The van der Waals surface area contributed by atoms with Gasteiger partial charge in [0.1, 0.15) is 11.6 Å². The molecule has 0 atom stereocenters. The van der Waals surface area contributed by atoms with Gasteiger partial charge in [0.2, 0.25) is 5.91 Å². The highest BCUT2D eigenvalue weighted by Gasteiger charge is 2.16. The molecule has 2 aromatic heterocycles. The molecule has 2 heterocycles. The number of rotatable bonds is 11. The first-order chi connectivity index (χ1) is 18.0. The van der Waals surface area contributed by atoms with Crippen LogP contribution < -0.4 is 10.6 Å². The van der Waals surface area contributed by atoms with Crippen LogP contribution in [0.1, 0.15) is 0 Å². The second-order valence-corrected chi connectivity index (χ2v) is 9.58. The van der Waals surface area contributed by atoms with Gasteiger partial charge in [-0.2, -0.15) is 0 Å². The number of likely N-dealkylation sites (N-methyl/N-ethyl adjacent to an activating group) is 1. The average molecular weight is 517 g/mol. The normalized spacial score (nSPS) is 11.2. The number of hydrogen-bond donors (Lipinski definition) is 3. The molecule has 3 N–H and O–H groups in total. The predicted octanol–water partition coefficient (Wildman–Crippen LogP) is 5.35. The van der Waals surface area contributed by atoms with Crippen LogP contribution in [0, 0.1) is 5.82 Å². The third-order valence-electron chi connectivity index (χ3n) is 5.27. The minimum Gasteiger partial charge on any atom is -0.352 e. The number of halogens is 1. The molecule has 0 unspecified atom stereocenters. The Morgan fingerprint density at radius 3 is 2.62 bits per heavy atom. The molecular weight excluding hydrogens is 487 g/mol. The Balaban J connectivity index is 1.50.